The summed E-state index contributed by atoms with van der Waals surface area (Å²) in [6.07, 6.45) is 21.5. The number of fused-ring (bicyclic) bond motifs is 1. The van der Waals surface area contributed by atoms with Gasteiger partial charge in [0.05, 0.1) is 11.7 Å². The highest BCUT2D eigenvalue weighted by molar-refractivity contribution is 5.96. The number of allylic oxidation sites excluding steroid dienone is 14. The number of ether oxygens (including phenoxy) is 1. The Morgan fingerprint density at radius 1 is 0.848 bits per heavy atom. The van der Waals surface area contributed by atoms with Crippen LogP contribution in [0.15, 0.2) is 83.1 Å². The van der Waals surface area contributed by atoms with Crippen molar-refractivity contribution in [3.05, 3.63) is 83.1 Å². The maximum absolute atomic E-state index is 12.9. The fourth-order valence-electron chi connectivity index (χ4n) is 4.88. The van der Waals surface area contributed by atoms with E-state index in [0.717, 1.165) is 11.1 Å². The van der Waals surface area contributed by atoms with Gasteiger partial charge in [-0.2, -0.15) is 0 Å². The lowest BCUT2D eigenvalue weighted by Gasteiger charge is -2.40. The number of rotatable bonds is 9. The van der Waals surface area contributed by atoms with Crippen LogP contribution < -0.4 is 0 Å². The van der Waals surface area contributed by atoms with Gasteiger partial charge >= 0.3 is 0 Å². The van der Waals surface area contributed by atoms with Gasteiger partial charge in [0.2, 0.25) is 0 Å². The third kappa shape index (κ3) is 6.88. The van der Waals surface area contributed by atoms with Crippen LogP contribution in [-0.2, 0) is 9.53 Å². The first-order valence-corrected chi connectivity index (χ1v) is 11.9. The lowest BCUT2D eigenvalue weighted by molar-refractivity contribution is -0.118. The predicted octanol–water partition coefficient (Wildman–Crippen LogP) is 7.13. The summed E-state index contributed by atoms with van der Waals surface area (Å²) in [6.45, 7) is 16.4. The molecule has 3 heteroatoms. The van der Waals surface area contributed by atoms with Crippen molar-refractivity contribution >= 4 is 5.78 Å². The van der Waals surface area contributed by atoms with Crippen molar-refractivity contribution in [3.63, 3.8) is 0 Å². The van der Waals surface area contributed by atoms with Crippen molar-refractivity contribution in [2.45, 2.75) is 92.0 Å². The molecule has 0 amide bonds. The van der Waals surface area contributed by atoms with Crippen LogP contribution in [0.4, 0.5) is 0 Å². The SMILES string of the molecule is CC(C)=C/C=C/C(C)=C/C=C/C=C(C)/C=C/C=C(\C)C(=O)CC12OC1(C)CC(O)CC2(C)C. The van der Waals surface area contributed by atoms with Gasteiger partial charge in [-0.3, -0.25) is 4.79 Å². The Morgan fingerprint density at radius 3 is 1.91 bits per heavy atom. The zero-order valence-electron chi connectivity index (χ0n) is 21.7. The van der Waals surface area contributed by atoms with E-state index in [2.05, 4.69) is 58.9 Å². The molecule has 3 unspecified atom stereocenters. The van der Waals surface area contributed by atoms with Gasteiger partial charge in [0, 0.05) is 12.8 Å². The van der Waals surface area contributed by atoms with E-state index in [9.17, 15) is 9.90 Å². The van der Waals surface area contributed by atoms with Crippen molar-refractivity contribution in [1.82, 2.24) is 0 Å². The molecule has 1 aliphatic carbocycles. The zero-order chi connectivity index (χ0) is 24.9. The minimum absolute atomic E-state index is 0.108. The Balaban J connectivity index is 1.93. The van der Waals surface area contributed by atoms with Crippen molar-refractivity contribution in [1.29, 1.82) is 0 Å². The summed E-state index contributed by atoms with van der Waals surface area (Å²) < 4.78 is 6.15. The summed E-state index contributed by atoms with van der Waals surface area (Å²) in [4.78, 5) is 12.9. The number of hydrogen-bond donors (Lipinski definition) is 1. The minimum atomic E-state index is -0.470. The second-order valence-electron chi connectivity index (χ2n) is 10.7. The largest absolute Gasteiger partial charge is 0.393 e. The number of hydrogen-bond acceptors (Lipinski definition) is 3. The first kappa shape index (κ1) is 27.0. The maximum Gasteiger partial charge on any atom is 0.161 e. The Bertz CT molecular complexity index is 947. The highest BCUT2D eigenvalue weighted by Crippen LogP contribution is 2.67. The third-order valence-electron chi connectivity index (χ3n) is 6.85. The molecule has 180 valence electrons. The van der Waals surface area contributed by atoms with E-state index in [1.165, 1.54) is 11.1 Å². The molecular weight excluding hydrogens is 408 g/mol. The summed E-state index contributed by atoms with van der Waals surface area (Å²) in [7, 11) is 0. The zero-order valence-corrected chi connectivity index (χ0v) is 21.7. The van der Waals surface area contributed by atoms with Crippen LogP contribution >= 0.6 is 0 Å². The first-order chi connectivity index (χ1) is 15.3. The van der Waals surface area contributed by atoms with E-state index in [4.69, 9.17) is 4.74 Å². The molecule has 2 aliphatic rings. The van der Waals surface area contributed by atoms with Crippen LogP contribution in [0.5, 0.6) is 0 Å². The fourth-order valence-corrected chi connectivity index (χ4v) is 4.88. The molecule has 33 heavy (non-hydrogen) atoms. The standard InChI is InChI=1S/C30H42O3/c1-22(2)13-11-16-23(3)14-9-10-15-24(4)17-12-18-25(5)27(32)21-30-28(6,7)19-26(31)20-29(30,8)33-30/h9-18,26,31H,19-21H2,1-8H3/b10-9+,16-11+,17-12+,23-14+,24-15+,25-18+. The number of epoxide rings is 1. The van der Waals surface area contributed by atoms with E-state index in [1.807, 2.05) is 57.2 Å². The van der Waals surface area contributed by atoms with E-state index in [1.54, 1.807) is 0 Å². The molecular formula is C30H42O3. The van der Waals surface area contributed by atoms with Crippen LogP contribution in [0.1, 0.15) is 74.7 Å². The Kier molecular flexibility index (Phi) is 8.84. The topological polar surface area (TPSA) is 49.8 Å². The van der Waals surface area contributed by atoms with Crippen molar-refractivity contribution in [2.75, 3.05) is 0 Å². The molecule has 0 radical (unpaired) electrons. The molecule has 3 atom stereocenters. The van der Waals surface area contributed by atoms with Crippen molar-refractivity contribution < 1.29 is 14.6 Å². The molecule has 1 saturated carbocycles. The van der Waals surface area contributed by atoms with E-state index >= 15 is 0 Å². The van der Waals surface area contributed by atoms with Gasteiger partial charge in [0.1, 0.15) is 5.60 Å². The average Bonchev–Trinajstić information content (AvgIpc) is 3.29. The highest BCUT2D eigenvalue weighted by atomic mass is 16.6. The van der Waals surface area contributed by atoms with E-state index in [-0.39, 0.29) is 17.3 Å². The normalized spacial score (nSPS) is 30.2. The molecule has 3 nitrogen and oxygen atoms in total. The van der Waals surface area contributed by atoms with Crippen LogP contribution in [0.3, 0.4) is 0 Å². The molecule has 0 bridgehead atoms. The number of aliphatic hydroxyl groups excluding tert-OH is 1. The molecule has 2 fully saturated rings. The summed E-state index contributed by atoms with van der Waals surface area (Å²) in [5.41, 5.74) is 3.20. The second-order valence-corrected chi connectivity index (χ2v) is 10.7. The maximum atomic E-state index is 12.9. The Morgan fingerprint density at radius 2 is 1.39 bits per heavy atom. The second kappa shape index (κ2) is 10.8. The summed E-state index contributed by atoms with van der Waals surface area (Å²) in [6, 6.07) is 0. The van der Waals surface area contributed by atoms with Gasteiger partial charge in [-0.05, 0) is 59.0 Å². The van der Waals surface area contributed by atoms with Crippen LogP contribution in [-0.4, -0.2) is 28.2 Å². The molecule has 2 rings (SSSR count). The van der Waals surface area contributed by atoms with Gasteiger partial charge in [0.25, 0.3) is 0 Å². The number of carbonyl (C=O) groups is 1. The highest BCUT2D eigenvalue weighted by Gasteiger charge is 2.76. The van der Waals surface area contributed by atoms with Crippen molar-refractivity contribution in [2.24, 2.45) is 5.41 Å². The molecule has 1 aliphatic heterocycles. The van der Waals surface area contributed by atoms with Gasteiger partial charge in [-0.1, -0.05) is 91.3 Å². The molecule has 0 aromatic heterocycles. The lowest BCUT2D eigenvalue weighted by Crippen LogP contribution is -2.48. The lowest BCUT2D eigenvalue weighted by atomic mass is 9.61. The molecule has 0 spiro atoms. The molecule has 1 heterocycles. The van der Waals surface area contributed by atoms with E-state index < -0.39 is 11.2 Å². The Labute approximate surface area is 201 Å². The van der Waals surface area contributed by atoms with Gasteiger partial charge in [-0.15, -0.1) is 0 Å². The fraction of sp³-hybridized carbons (Fsp3) is 0.500. The van der Waals surface area contributed by atoms with Gasteiger partial charge in [-0.25, -0.2) is 0 Å². The molecule has 1 N–H and O–H groups in total. The average molecular weight is 451 g/mol. The van der Waals surface area contributed by atoms with E-state index in [0.29, 0.717) is 19.3 Å². The third-order valence-corrected chi connectivity index (χ3v) is 6.85. The van der Waals surface area contributed by atoms with Crippen molar-refractivity contribution in [3.8, 4) is 0 Å². The first-order valence-electron chi connectivity index (χ1n) is 11.9. The van der Waals surface area contributed by atoms with Gasteiger partial charge < -0.3 is 9.84 Å². The Hall–Kier alpha value is -2.23. The minimum Gasteiger partial charge on any atom is -0.393 e. The van der Waals surface area contributed by atoms with Crippen LogP contribution in [0, 0.1) is 5.41 Å². The number of aliphatic hydroxyl groups is 1. The molecule has 0 aromatic rings. The van der Waals surface area contributed by atoms with Crippen LogP contribution in [0.25, 0.3) is 0 Å². The summed E-state index contributed by atoms with van der Waals surface area (Å²) in [5, 5.41) is 10.2. The molecule has 1 saturated heterocycles. The predicted molar refractivity (Wildman–Crippen MR) is 139 cm³/mol. The number of carbonyl (C=O) groups excluding carboxylic acids is 1. The summed E-state index contributed by atoms with van der Waals surface area (Å²) in [5.74, 6) is 0.108. The molecule has 0 aromatic carbocycles. The number of Topliss-reactive ketones (excluding diaryl/α,β-unsaturated/α-hetero) is 1. The summed E-state index contributed by atoms with van der Waals surface area (Å²) >= 11 is 0. The monoisotopic (exact) mass is 450 g/mol. The quantitative estimate of drug-likeness (QED) is 0.231. The van der Waals surface area contributed by atoms with Gasteiger partial charge in [0.15, 0.2) is 5.78 Å². The number of ketones is 1. The van der Waals surface area contributed by atoms with Crippen LogP contribution in [0.2, 0.25) is 0 Å². The smallest absolute Gasteiger partial charge is 0.161 e.